The minimum Gasteiger partial charge on any atom is -0.490 e. The van der Waals surface area contributed by atoms with Gasteiger partial charge in [0.25, 0.3) is 0 Å². The summed E-state index contributed by atoms with van der Waals surface area (Å²) in [4.78, 5) is 0. The Morgan fingerprint density at radius 2 is 1.62 bits per heavy atom. The lowest BCUT2D eigenvalue weighted by molar-refractivity contribution is 0.288. The van der Waals surface area contributed by atoms with Gasteiger partial charge in [-0.2, -0.15) is 0 Å². The summed E-state index contributed by atoms with van der Waals surface area (Å²) in [7, 11) is 0. The topological polar surface area (TPSA) is 30.5 Å². The van der Waals surface area contributed by atoms with Gasteiger partial charge in [-0.25, -0.2) is 0 Å². The SMILES string of the molecule is CCNc1cc(OCC)c(OCC)cc1Br. The Kier molecular flexibility index (Phi) is 5.46. The van der Waals surface area contributed by atoms with Crippen molar-refractivity contribution >= 4 is 21.6 Å². The molecule has 1 N–H and O–H groups in total. The van der Waals surface area contributed by atoms with Gasteiger partial charge in [0.15, 0.2) is 11.5 Å². The minimum absolute atomic E-state index is 0.632. The van der Waals surface area contributed by atoms with Crippen molar-refractivity contribution in [2.45, 2.75) is 20.8 Å². The molecule has 1 aromatic carbocycles. The van der Waals surface area contributed by atoms with Crippen LogP contribution < -0.4 is 14.8 Å². The zero-order chi connectivity index (χ0) is 12.0. The molecule has 0 aromatic heterocycles. The maximum atomic E-state index is 5.55. The number of hydrogen-bond acceptors (Lipinski definition) is 3. The third-order valence-corrected chi connectivity index (χ3v) is 2.66. The van der Waals surface area contributed by atoms with Crippen LogP contribution in [0.4, 0.5) is 5.69 Å². The molecule has 1 aromatic rings. The molecule has 0 amide bonds. The Morgan fingerprint density at radius 1 is 1.06 bits per heavy atom. The van der Waals surface area contributed by atoms with Crippen LogP contribution in [0.1, 0.15) is 20.8 Å². The van der Waals surface area contributed by atoms with Crippen molar-refractivity contribution in [3.63, 3.8) is 0 Å². The summed E-state index contributed by atoms with van der Waals surface area (Å²) in [5, 5.41) is 3.26. The summed E-state index contributed by atoms with van der Waals surface area (Å²) < 4.78 is 12.1. The van der Waals surface area contributed by atoms with Gasteiger partial charge < -0.3 is 14.8 Å². The van der Waals surface area contributed by atoms with Gasteiger partial charge in [-0.3, -0.25) is 0 Å². The fourth-order valence-corrected chi connectivity index (χ4v) is 1.86. The van der Waals surface area contributed by atoms with E-state index in [1.165, 1.54) is 0 Å². The average molecular weight is 288 g/mol. The van der Waals surface area contributed by atoms with Gasteiger partial charge in [-0.05, 0) is 36.7 Å². The molecule has 1 rings (SSSR count). The molecule has 90 valence electrons. The first kappa shape index (κ1) is 13.2. The molecule has 0 unspecified atom stereocenters. The number of ether oxygens (including phenoxy) is 2. The number of nitrogens with one attached hydrogen (secondary N) is 1. The molecule has 0 saturated carbocycles. The van der Waals surface area contributed by atoms with E-state index < -0.39 is 0 Å². The van der Waals surface area contributed by atoms with Crippen molar-refractivity contribution in [2.75, 3.05) is 25.1 Å². The normalized spacial score (nSPS) is 10.0. The lowest BCUT2D eigenvalue weighted by Crippen LogP contribution is -2.02. The Balaban J connectivity index is 3.03. The molecule has 0 aliphatic carbocycles. The van der Waals surface area contributed by atoms with Gasteiger partial charge in [0.1, 0.15) is 0 Å². The Labute approximate surface area is 105 Å². The molecule has 3 nitrogen and oxygen atoms in total. The molecule has 0 aliphatic heterocycles. The van der Waals surface area contributed by atoms with E-state index in [2.05, 4.69) is 28.2 Å². The minimum atomic E-state index is 0.632. The fraction of sp³-hybridized carbons (Fsp3) is 0.500. The van der Waals surface area contributed by atoms with Crippen LogP contribution in [0, 0.1) is 0 Å². The fourth-order valence-electron chi connectivity index (χ4n) is 1.40. The highest BCUT2D eigenvalue weighted by atomic mass is 79.9. The summed E-state index contributed by atoms with van der Waals surface area (Å²) in [6.45, 7) is 8.12. The van der Waals surface area contributed by atoms with Gasteiger partial charge in [0.2, 0.25) is 0 Å². The zero-order valence-electron chi connectivity index (χ0n) is 9.97. The predicted octanol–water partition coefficient (Wildman–Crippen LogP) is 3.68. The van der Waals surface area contributed by atoms with Crippen molar-refractivity contribution in [3.05, 3.63) is 16.6 Å². The van der Waals surface area contributed by atoms with E-state index in [-0.39, 0.29) is 0 Å². The van der Waals surface area contributed by atoms with E-state index in [4.69, 9.17) is 9.47 Å². The van der Waals surface area contributed by atoms with Gasteiger partial charge in [0.05, 0.1) is 18.9 Å². The van der Waals surface area contributed by atoms with Crippen LogP contribution in [0.15, 0.2) is 16.6 Å². The molecular formula is C12H18BrNO2. The molecule has 0 fully saturated rings. The predicted molar refractivity (Wildman–Crippen MR) is 70.6 cm³/mol. The first-order chi connectivity index (χ1) is 7.72. The van der Waals surface area contributed by atoms with Gasteiger partial charge >= 0.3 is 0 Å². The molecule has 0 bridgehead atoms. The second-order valence-corrected chi connectivity index (χ2v) is 4.03. The van der Waals surface area contributed by atoms with Crippen LogP contribution in [0.5, 0.6) is 11.5 Å². The lowest BCUT2D eigenvalue weighted by atomic mass is 10.2. The van der Waals surface area contributed by atoms with E-state index >= 15 is 0 Å². The van der Waals surface area contributed by atoms with Crippen molar-refractivity contribution in [1.82, 2.24) is 0 Å². The highest BCUT2D eigenvalue weighted by molar-refractivity contribution is 9.10. The van der Waals surface area contributed by atoms with Crippen LogP contribution in [0.3, 0.4) is 0 Å². The summed E-state index contributed by atoms with van der Waals surface area (Å²) in [6.07, 6.45) is 0. The van der Waals surface area contributed by atoms with Crippen molar-refractivity contribution < 1.29 is 9.47 Å². The zero-order valence-corrected chi connectivity index (χ0v) is 11.6. The molecule has 0 saturated heterocycles. The van der Waals surface area contributed by atoms with Crippen molar-refractivity contribution in [3.8, 4) is 11.5 Å². The molecule has 0 spiro atoms. The first-order valence-corrected chi connectivity index (χ1v) is 6.35. The third-order valence-electron chi connectivity index (χ3n) is 2.00. The van der Waals surface area contributed by atoms with Crippen LogP contribution >= 0.6 is 15.9 Å². The van der Waals surface area contributed by atoms with E-state index in [0.29, 0.717) is 13.2 Å². The number of benzene rings is 1. The summed E-state index contributed by atoms with van der Waals surface area (Å²) >= 11 is 3.51. The Morgan fingerprint density at radius 3 is 2.12 bits per heavy atom. The number of halogens is 1. The molecule has 16 heavy (non-hydrogen) atoms. The summed E-state index contributed by atoms with van der Waals surface area (Å²) in [5.74, 6) is 1.56. The number of hydrogen-bond donors (Lipinski definition) is 1. The monoisotopic (exact) mass is 287 g/mol. The van der Waals surface area contributed by atoms with Crippen molar-refractivity contribution in [2.24, 2.45) is 0 Å². The second kappa shape index (κ2) is 6.63. The second-order valence-electron chi connectivity index (χ2n) is 3.18. The number of rotatable bonds is 6. The Bertz CT molecular complexity index is 342. The molecule has 0 heterocycles. The largest absolute Gasteiger partial charge is 0.490 e. The first-order valence-electron chi connectivity index (χ1n) is 5.55. The molecule has 0 radical (unpaired) electrons. The standard InChI is InChI=1S/C12H18BrNO2/c1-4-14-10-8-12(16-6-3)11(15-5-2)7-9(10)13/h7-8,14H,4-6H2,1-3H3. The number of anilines is 1. The lowest BCUT2D eigenvalue weighted by Gasteiger charge is -2.14. The van der Waals surface area contributed by atoms with Gasteiger partial charge in [-0.15, -0.1) is 0 Å². The third kappa shape index (κ3) is 3.30. The quantitative estimate of drug-likeness (QED) is 0.866. The van der Waals surface area contributed by atoms with Gasteiger partial charge in [0, 0.05) is 23.2 Å². The van der Waals surface area contributed by atoms with Crippen LogP contribution in [0.25, 0.3) is 0 Å². The van der Waals surface area contributed by atoms with Gasteiger partial charge in [-0.1, -0.05) is 0 Å². The maximum absolute atomic E-state index is 5.55. The van der Waals surface area contributed by atoms with E-state index in [9.17, 15) is 0 Å². The summed E-state index contributed by atoms with van der Waals surface area (Å²) in [6, 6.07) is 3.90. The average Bonchev–Trinajstić information content (AvgIpc) is 2.25. The van der Waals surface area contributed by atoms with Crippen molar-refractivity contribution in [1.29, 1.82) is 0 Å². The molecule has 0 aliphatic rings. The van der Waals surface area contributed by atoms with E-state index in [0.717, 1.165) is 28.2 Å². The smallest absolute Gasteiger partial charge is 0.163 e. The van der Waals surface area contributed by atoms with E-state index in [1.807, 2.05) is 26.0 Å². The maximum Gasteiger partial charge on any atom is 0.163 e. The van der Waals surface area contributed by atoms with Crippen LogP contribution in [-0.2, 0) is 0 Å². The Hall–Kier alpha value is -0.900. The highest BCUT2D eigenvalue weighted by Crippen LogP contribution is 2.36. The van der Waals surface area contributed by atoms with Crippen LogP contribution in [0.2, 0.25) is 0 Å². The molecule has 0 atom stereocenters. The van der Waals surface area contributed by atoms with Crippen LogP contribution in [-0.4, -0.2) is 19.8 Å². The summed E-state index contributed by atoms with van der Waals surface area (Å²) in [5.41, 5.74) is 1.02. The molecular weight excluding hydrogens is 270 g/mol. The van der Waals surface area contributed by atoms with E-state index in [1.54, 1.807) is 0 Å². The highest BCUT2D eigenvalue weighted by Gasteiger charge is 2.09. The molecule has 4 heteroatoms.